The fourth-order valence-corrected chi connectivity index (χ4v) is 4.56. The van der Waals surface area contributed by atoms with Gasteiger partial charge in [0.25, 0.3) is 0 Å². The van der Waals surface area contributed by atoms with E-state index in [1.54, 1.807) is 30.3 Å². The van der Waals surface area contributed by atoms with E-state index in [2.05, 4.69) is 21.8 Å². The van der Waals surface area contributed by atoms with Crippen LogP contribution in [-0.2, 0) is 5.60 Å². The second-order valence-corrected chi connectivity index (χ2v) is 9.30. The molecule has 0 radical (unpaired) electrons. The number of aromatic nitrogens is 2. The number of hydrogen-bond donors (Lipinski definition) is 1. The molecule has 0 spiro atoms. The third-order valence-corrected chi connectivity index (χ3v) is 6.33. The fraction of sp³-hybridized carbons (Fsp3) is 0.115. The first-order valence-corrected chi connectivity index (χ1v) is 11.2. The highest BCUT2D eigenvalue weighted by Gasteiger charge is 2.37. The van der Waals surface area contributed by atoms with Crippen molar-refractivity contribution in [2.45, 2.75) is 19.4 Å². The molecule has 0 saturated carbocycles. The molecule has 0 aliphatic carbocycles. The van der Waals surface area contributed by atoms with Gasteiger partial charge in [0.05, 0.1) is 31.9 Å². The van der Waals surface area contributed by atoms with Crippen molar-refractivity contribution in [3.8, 4) is 40.2 Å². The third kappa shape index (κ3) is 3.87. The van der Waals surface area contributed by atoms with E-state index < -0.39 is 11.4 Å². The summed E-state index contributed by atoms with van der Waals surface area (Å²) in [4.78, 5) is 7.90. The topological polar surface area (TPSA) is 37.9 Å². The number of benzene rings is 3. The van der Waals surface area contributed by atoms with Crippen LogP contribution in [0.15, 0.2) is 54.6 Å². The number of ether oxygens (including phenoxy) is 1. The van der Waals surface area contributed by atoms with Gasteiger partial charge in [0, 0.05) is 11.1 Å². The smallest absolute Gasteiger partial charge is 0.147 e. The van der Waals surface area contributed by atoms with Gasteiger partial charge in [-0.15, -0.1) is 0 Å². The Morgan fingerprint density at radius 1 is 0.939 bits per heavy atom. The summed E-state index contributed by atoms with van der Waals surface area (Å²) in [6.45, 7) is 3.81. The molecule has 3 aromatic carbocycles. The number of halogens is 4. The molecular weight excluding hydrogens is 482 g/mol. The molecule has 1 N–H and O–H groups in total. The highest BCUT2D eigenvalue weighted by Crippen LogP contribution is 2.45. The normalized spacial score (nSPS) is 13.4. The van der Waals surface area contributed by atoms with E-state index in [0.717, 1.165) is 16.8 Å². The molecule has 33 heavy (non-hydrogen) atoms. The average Bonchev–Trinajstić information content (AvgIpc) is 3.19. The first kappa shape index (κ1) is 21.9. The summed E-state index contributed by atoms with van der Waals surface area (Å²) >= 11 is 18.7. The Kier molecular flexibility index (Phi) is 5.37. The van der Waals surface area contributed by atoms with Crippen molar-refractivity contribution in [3.63, 3.8) is 0 Å². The van der Waals surface area contributed by atoms with Crippen molar-refractivity contribution in [1.29, 1.82) is 0 Å². The summed E-state index contributed by atoms with van der Waals surface area (Å²) in [5.74, 6) is 6.68. The van der Waals surface area contributed by atoms with E-state index in [9.17, 15) is 4.39 Å². The lowest BCUT2D eigenvalue weighted by Crippen LogP contribution is -2.29. The van der Waals surface area contributed by atoms with Crippen LogP contribution in [0.3, 0.4) is 0 Å². The van der Waals surface area contributed by atoms with Gasteiger partial charge < -0.3 is 9.72 Å². The number of fused-ring (bicyclic) bond motifs is 3. The van der Waals surface area contributed by atoms with Crippen LogP contribution in [0.2, 0.25) is 15.1 Å². The van der Waals surface area contributed by atoms with E-state index in [1.807, 2.05) is 32.0 Å². The van der Waals surface area contributed by atoms with Crippen molar-refractivity contribution in [3.05, 3.63) is 92.3 Å². The van der Waals surface area contributed by atoms with Crippen molar-refractivity contribution < 1.29 is 9.13 Å². The van der Waals surface area contributed by atoms with Gasteiger partial charge >= 0.3 is 0 Å². The lowest BCUT2D eigenvalue weighted by atomic mass is 9.94. The lowest BCUT2D eigenvalue weighted by Gasteiger charge is -2.31. The zero-order valence-corrected chi connectivity index (χ0v) is 19.8. The summed E-state index contributed by atoms with van der Waals surface area (Å²) in [5, 5.41) is 1.27. The lowest BCUT2D eigenvalue weighted by molar-refractivity contribution is 0.101. The molecule has 1 aliphatic rings. The van der Waals surface area contributed by atoms with Gasteiger partial charge in [-0.2, -0.15) is 0 Å². The van der Waals surface area contributed by atoms with Crippen LogP contribution in [0.4, 0.5) is 4.39 Å². The maximum atomic E-state index is 14.5. The summed E-state index contributed by atoms with van der Waals surface area (Å²) < 4.78 is 20.8. The molecule has 4 aromatic rings. The second kappa shape index (κ2) is 8.11. The van der Waals surface area contributed by atoms with Crippen LogP contribution in [0.25, 0.3) is 22.6 Å². The van der Waals surface area contributed by atoms with Crippen LogP contribution in [-0.4, -0.2) is 9.97 Å². The maximum absolute atomic E-state index is 14.5. The Morgan fingerprint density at radius 3 is 2.36 bits per heavy atom. The molecule has 0 unspecified atom stereocenters. The van der Waals surface area contributed by atoms with Gasteiger partial charge in [0.2, 0.25) is 0 Å². The van der Waals surface area contributed by atoms with Crippen molar-refractivity contribution in [2.75, 3.05) is 0 Å². The minimum absolute atomic E-state index is 0.227. The van der Waals surface area contributed by atoms with Crippen LogP contribution in [0.5, 0.6) is 5.75 Å². The van der Waals surface area contributed by atoms with E-state index in [4.69, 9.17) is 39.5 Å². The first-order valence-electron chi connectivity index (χ1n) is 10.1. The maximum Gasteiger partial charge on any atom is 0.147 e. The SMILES string of the molecule is CC1(C)Oc2cc(C#Cc3c(Cl)cccc3Cl)ccc2-c2[nH]c(-c3c(F)cccc3Cl)nc21. The highest BCUT2D eigenvalue weighted by molar-refractivity contribution is 6.36. The number of hydrogen-bond acceptors (Lipinski definition) is 2. The Labute approximate surface area is 205 Å². The molecule has 0 saturated heterocycles. The third-order valence-electron chi connectivity index (χ3n) is 5.38. The molecular formula is C26H16Cl3FN2O. The van der Waals surface area contributed by atoms with Gasteiger partial charge in [-0.25, -0.2) is 9.37 Å². The largest absolute Gasteiger partial charge is 0.481 e. The van der Waals surface area contributed by atoms with Gasteiger partial charge in [0.15, 0.2) is 0 Å². The Morgan fingerprint density at radius 2 is 1.64 bits per heavy atom. The summed E-state index contributed by atoms with van der Waals surface area (Å²) in [5.41, 5.74) is 3.01. The highest BCUT2D eigenvalue weighted by atomic mass is 35.5. The number of nitrogens with one attached hydrogen (secondary N) is 1. The molecule has 3 nitrogen and oxygen atoms in total. The monoisotopic (exact) mass is 496 g/mol. The Balaban J connectivity index is 1.59. The molecule has 0 bridgehead atoms. The Hall–Kier alpha value is -2.97. The molecule has 5 rings (SSSR count). The fourth-order valence-electron chi connectivity index (χ4n) is 3.81. The number of H-pyrrole nitrogens is 1. The molecule has 0 atom stereocenters. The summed E-state index contributed by atoms with van der Waals surface area (Å²) in [6, 6.07) is 15.4. The summed E-state index contributed by atoms with van der Waals surface area (Å²) in [6.07, 6.45) is 0. The Bertz CT molecular complexity index is 1440. The van der Waals surface area contributed by atoms with Crippen LogP contribution in [0.1, 0.15) is 30.7 Å². The van der Waals surface area contributed by atoms with Crippen LogP contribution < -0.4 is 4.74 Å². The van der Waals surface area contributed by atoms with Crippen molar-refractivity contribution >= 4 is 34.8 Å². The minimum Gasteiger partial charge on any atom is -0.481 e. The number of aromatic amines is 1. The summed E-state index contributed by atoms with van der Waals surface area (Å²) in [7, 11) is 0. The number of rotatable bonds is 1. The van der Waals surface area contributed by atoms with Crippen molar-refractivity contribution in [1.82, 2.24) is 9.97 Å². The molecule has 1 aliphatic heterocycles. The first-order chi connectivity index (χ1) is 15.7. The van der Waals surface area contributed by atoms with E-state index in [1.165, 1.54) is 6.07 Å². The van der Waals surface area contributed by atoms with Gasteiger partial charge in [-0.1, -0.05) is 58.8 Å². The number of imidazole rings is 1. The average molecular weight is 498 g/mol. The van der Waals surface area contributed by atoms with Crippen LogP contribution in [0, 0.1) is 17.7 Å². The molecule has 7 heteroatoms. The predicted molar refractivity (Wildman–Crippen MR) is 131 cm³/mol. The van der Waals surface area contributed by atoms with Gasteiger partial charge in [-0.05, 0) is 56.3 Å². The van der Waals surface area contributed by atoms with E-state index >= 15 is 0 Å². The molecule has 0 amide bonds. The molecule has 2 heterocycles. The standard InChI is InChI=1S/C26H16Cl3FN2O/c1-26(2)24-23(31-25(32-24)22-19(29)7-4-8-20(22)30)16-12-10-14(13-21(16)33-26)9-11-15-17(27)5-3-6-18(15)28/h3-8,10,12-13H,1-2H3,(H,31,32). The number of nitrogens with zero attached hydrogens (tertiary/aromatic N) is 1. The van der Waals surface area contributed by atoms with E-state index in [-0.39, 0.29) is 10.6 Å². The van der Waals surface area contributed by atoms with Crippen molar-refractivity contribution in [2.24, 2.45) is 0 Å². The molecule has 0 fully saturated rings. The molecule has 1 aromatic heterocycles. The predicted octanol–water partition coefficient (Wildman–Crippen LogP) is 7.87. The van der Waals surface area contributed by atoms with Crippen LogP contribution >= 0.6 is 34.8 Å². The second-order valence-electron chi connectivity index (χ2n) is 8.08. The zero-order valence-electron chi connectivity index (χ0n) is 17.6. The van der Waals surface area contributed by atoms with E-state index in [0.29, 0.717) is 32.9 Å². The zero-order chi connectivity index (χ0) is 23.3. The van der Waals surface area contributed by atoms with Gasteiger partial charge in [-0.3, -0.25) is 0 Å². The quantitative estimate of drug-likeness (QED) is 0.272. The van der Waals surface area contributed by atoms with Gasteiger partial charge in [0.1, 0.15) is 28.7 Å². The minimum atomic E-state index is -0.757. The molecule has 164 valence electrons.